The molecule has 7 heteroatoms. The van der Waals surface area contributed by atoms with Gasteiger partial charge >= 0.3 is 0 Å². The molecule has 36 heavy (non-hydrogen) atoms. The van der Waals surface area contributed by atoms with Gasteiger partial charge in [-0.3, -0.25) is 0 Å². The Balaban J connectivity index is 1.72. The van der Waals surface area contributed by atoms with Crippen molar-refractivity contribution >= 4 is 45.3 Å². The molecule has 4 unspecified atom stereocenters. The van der Waals surface area contributed by atoms with Gasteiger partial charge in [-0.2, -0.15) is 0 Å². The van der Waals surface area contributed by atoms with Crippen molar-refractivity contribution in [2.24, 2.45) is 7.05 Å². The molecule has 2 aliphatic heterocycles. The SMILES string of the molecule is CC=C1C(=CC)C(O)(c2ccc3c(c2)c2cc(C4(O)SC(O)C(=CC)C4=CC)ccc2n3C)SC1O. The van der Waals surface area contributed by atoms with Crippen LogP contribution in [0.4, 0.5) is 0 Å². The zero-order valence-electron chi connectivity index (χ0n) is 21.0. The molecule has 0 amide bonds. The van der Waals surface area contributed by atoms with Gasteiger partial charge in [-0.25, -0.2) is 0 Å². The van der Waals surface area contributed by atoms with Crippen molar-refractivity contribution in [1.29, 1.82) is 0 Å². The summed E-state index contributed by atoms with van der Waals surface area (Å²) < 4.78 is 2.10. The molecule has 3 aromatic rings. The van der Waals surface area contributed by atoms with Crippen LogP contribution in [0.25, 0.3) is 21.8 Å². The predicted molar refractivity (Wildman–Crippen MR) is 150 cm³/mol. The second-order valence-electron chi connectivity index (χ2n) is 9.14. The number of benzene rings is 2. The molecule has 0 aliphatic carbocycles. The number of aliphatic hydroxyl groups excluding tert-OH is 2. The van der Waals surface area contributed by atoms with E-state index in [0.29, 0.717) is 22.3 Å². The van der Waals surface area contributed by atoms with Crippen LogP contribution >= 0.6 is 23.5 Å². The normalized spacial score (nSPS) is 33.4. The minimum absolute atomic E-state index is 0.691. The van der Waals surface area contributed by atoms with Crippen LogP contribution < -0.4 is 0 Å². The number of fused-ring (bicyclic) bond motifs is 3. The van der Waals surface area contributed by atoms with Crippen LogP contribution in [-0.2, 0) is 16.9 Å². The van der Waals surface area contributed by atoms with Crippen LogP contribution in [0.2, 0.25) is 0 Å². The van der Waals surface area contributed by atoms with Gasteiger partial charge in [-0.15, -0.1) is 0 Å². The lowest BCUT2D eigenvalue weighted by molar-refractivity contribution is 0.182. The van der Waals surface area contributed by atoms with E-state index in [2.05, 4.69) is 4.57 Å². The van der Waals surface area contributed by atoms with E-state index in [-0.39, 0.29) is 0 Å². The predicted octanol–water partition coefficient (Wildman–Crippen LogP) is 5.54. The minimum atomic E-state index is -1.37. The molecule has 0 radical (unpaired) electrons. The number of hydrogen-bond acceptors (Lipinski definition) is 6. The Labute approximate surface area is 219 Å². The summed E-state index contributed by atoms with van der Waals surface area (Å²) >= 11 is 2.24. The van der Waals surface area contributed by atoms with Gasteiger partial charge < -0.3 is 25.0 Å². The summed E-state index contributed by atoms with van der Waals surface area (Å²) in [7, 11) is 2.00. The largest absolute Gasteiger partial charge is 0.378 e. The Morgan fingerprint density at radius 3 is 1.42 bits per heavy atom. The van der Waals surface area contributed by atoms with Crippen LogP contribution in [0.3, 0.4) is 0 Å². The molecule has 0 bridgehead atoms. The molecular weight excluding hydrogens is 490 g/mol. The molecule has 4 N–H and O–H groups in total. The number of aryl methyl sites for hydroxylation is 1. The van der Waals surface area contributed by atoms with Crippen molar-refractivity contribution in [3.8, 4) is 0 Å². The summed E-state index contributed by atoms with van der Waals surface area (Å²) in [5, 5.41) is 46.6. The van der Waals surface area contributed by atoms with E-state index in [1.54, 1.807) is 0 Å². The van der Waals surface area contributed by atoms with Crippen molar-refractivity contribution < 1.29 is 20.4 Å². The molecule has 5 nitrogen and oxygen atoms in total. The summed E-state index contributed by atoms with van der Waals surface area (Å²) in [6.45, 7) is 7.48. The fourth-order valence-corrected chi connectivity index (χ4v) is 8.32. The first-order chi connectivity index (χ1) is 17.1. The van der Waals surface area contributed by atoms with Crippen LogP contribution in [0.15, 0.2) is 83.0 Å². The highest BCUT2D eigenvalue weighted by atomic mass is 32.2. The van der Waals surface area contributed by atoms with Gasteiger partial charge in [0, 0.05) is 40.0 Å². The molecule has 1 aromatic heterocycles. The number of hydrogen-bond donors (Lipinski definition) is 4. The van der Waals surface area contributed by atoms with Crippen LogP contribution in [0.1, 0.15) is 38.8 Å². The fraction of sp³-hybridized carbons (Fsp3) is 0.310. The van der Waals surface area contributed by atoms with Gasteiger partial charge in [-0.1, -0.05) is 60.0 Å². The van der Waals surface area contributed by atoms with Crippen molar-refractivity contribution in [3.05, 3.63) is 94.1 Å². The Bertz CT molecular complexity index is 1400. The second-order valence-corrected chi connectivity index (χ2v) is 11.7. The first kappa shape index (κ1) is 25.4. The number of allylic oxidation sites excluding steroid dienone is 4. The van der Waals surface area contributed by atoms with E-state index < -0.39 is 20.7 Å². The van der Waals surface area contributed by atoms with E-state index in [4.69, 9.17) is 0 Å². The number of rotatable bonds is 2. The van der Waals surface area contributed by atoms with Crippen LogP contribution in [0, 0.1) is 0 Å². The Morgan fingerprint density at radius 2 is 1.08 bits per heavy atom. The third kappa shape index (κ3) is 3.41. The van der Waals surface area contributed by atoms with Gasteiger partial charge in [0.05, 0.1) is 0 Å². The zero-order chi connectivity index (χ0) is 26.0. The van der Waals surface area contributed by atoms with Crippen molar-refractivity contribution in [1.82, 2.24) is 4.57 Å². The fourth-order valence-electron chi connectivity index (χ4n) is 5.64. The number of thioether (sulfide) groups is 2. The second kappa shape index (κ2) is 8.94. The monoisotopic (exact) mass is 521 g/mol. The smallest absolute Gasteiger partial charge is 0.164 e. The van der Waals surface area contributed by atoms with E-state index in [1.165, 1.54) is 0 Å². The maximum absolute atomic E-state index is 11.8. The third-order valence-corrected chi connectivity index (χ3v) is 9.98. The van der Waals surface area contributed by atoms with Crippen LogP contribution in [-0.4, -0.2) is 35.9 Å². The van der Waals surface area contributed by atoms with Gasteiger partial charge in [0.1, 0.15) is 10.9 Å². The minimum Gasteiger partial charge on any atom is -0.378 e. The van der Waals surface area contributed by atoms with Crippen molar-refractivity contribution in [2.75, 3.05) is 0 Å². The highest BCUT2D eigenvalue weighted by Gasteiger charge is 2.47. The lowest BCUT2D eigenvalue weighted by atomic mass is 9.92. The zero-order valence-corrected chi connectivity index (χ0v) is 22.6. The quantitative estimate of drug-likeness (QED) is 0.355. The van der Waals surface area contributed by atoms with Crippen LogP contribution in [0.5, 0.6) is 0 Å². The highest BCUT2D eigenvalue weighted by Crippen LogP contribution is 2.56. The Kier molecular flexibility index (Phi) is 6.31. The Hall–Kier alpha value is -2.26. The Morgan fingerprint density at radius 1 is 0.694 bits per heavy atom. The van der Waals surface area contributed by atoms with Gasteiger partial charge in [0.25, 0.3) is 0 Å². The standard InChI is InChI=1S/C29H31NO4S2/c1-6-18-22(8-3)28(33,35-26(18)31)16-10-12-24-20(14-16)21-15-17(11-13-25(21)30(24)5)29(34)23(9-4)19(7-2)27(32)36-29/h6-15,26-27,31-34H,1-5H3. The van der Waals surface area contributed by atoms with E-state index in [1.807, 2.05) is 95.4 Å². The molecule has 0 spiro atoms. The third-order valence-electron chi connectivity index (χ3n) is 7.44. The molecule has 2 aliphatic rings. The van der Waals surface area contributed by atoms with Crippen molar-refractivity contribution in [2.45, 2.75) is 48.4 Å². The highest BCUT2D eigenvalue weighted by molar-refractivity contribution is 8.01. The molecule has 2 aromatic carbocycles. The molecule has 4 atom stereocenters. The maximum Gasteiger partial charge on any atom is 0.164 e. The number of aromatic nitrogens is 1. The first-order valence-electron chi connectivity index (χ1n) is 12.0. The summed E-state index contributed by atoms with van der Waals surface area (Å²) in [4.78, 5) is -2.74. The molecule has 0 saturated carbocycles. The van der Waals surface area contributed by atoms with Crippen molar-refractivity contribution in [3.63, 3.8) is 0 Å². The molecule has 5 rings (SSSR count). The first-order valence-corrected chi connectivity index (χ1v) is 13.8. The van der Waals surface area contributed by atoms with Gasteiger partial charge in [0.2, 0.25) is 0 Å². The van der Waals surface area contributed by atoms with Gasteiger partial charge in [-0.05, 0) is 74.2 Å². The summed E-state index contributed by atoms with van der Waals surface area (Å²) in [5.41, 5.74) is 4.62. The van der Waals surface area contributed by atoms with Gasteiger partial charge in [0.15, 0.2) is 9.87 Å². The topological polar surface area (TPSA) is 85.9 Å². The molecular formula is C29H31NO4S2. The lowest BCUT2D eigenvalue weighted by Gasteiger charge is -2.24. The maximum atomic E-state index is 11.8. The lowest BCUT2D eigenvalue weighted by Crippen LogP contribution is -2.20. The molecule has 2 saturated heterocycles. The molecule has 3 heterocycles. The molecule has 188 valence electrons. The number of aliphatic hydroxyl groups is 4. The summed E-state index contributed by atoms with van der Waals surface area (Å²) in [5.74, 6) is 0. The summed E-state index contributed by atoms with van der Waals surface area (Å²) in [6, 6.07) is 11.8. The summed E-state index contributed by atoms with van der Waals surface area (Å²) in [6.07, 6.45) is 7.42. The molecule has 2 fully saturated rings. The average Bonchev–Trinajstić information content (AvgIpc) is 3.41. The average molecular weight is 522 g/mol. The van der Waals surface area contributed by atoms with E-state index >= 15 is 0 Å². The van der Waals surface area contributed by atoms with E-state index in [9.17, 15) is 20.4 Å². The van der Waals surface area contributed by atoms with E-state index in [0.717, 1.165) is 56.5 Å². The number of nitrogens with zero attached hydrogens (tertiary/aromatic N) is 1.